The van der Waals surface area contributed by atoms with Gasteiger partial charge >= 0.3 is 0 Å². The molecule has 22 heavy (non-hydrogen) atoms. The van der Waals surface area contributed by atoms with Crippen LogP contribution in [0.1, 0.15) is 17.5 Å². The average molecular weight is 315 g/mol. The topological polar surface area (TPSA) is 37.4 Å². The van der Waals surface area contributed by atoms with Gasteiger partial charge in [0, 0.05) is 13.1 Å². The highest BCUT2D eigenvalue weighted by Gasteiger charge is 2.23. The maximum atomic E-state index is 12.8. The van der Waals surface area contributed by atoms with Crippen LogP contribution in [0.15, 0.2) is 72.1 Å². The Kier molecular flexibility index (Phi) is 5.52. The molecule has 0 spiro atoms. The van der Waals surface area contributed by atoms with Gasteiger partial charge in [0.05, 0.1) is 4.90 Å². The van der Waals surface area contributed by atoms with Crippen molar-refractivity contribution in [2.24, 2.45) is 0 Å². The molecule has 0 N–H and O–H groups in total. The molecule has 0 fully saturated rings. The van der Waals surface area contributed by atoms with Crippen molar-refractivity contribution >= 4 is 10.0 Å². The van der Waals surface area contributed by atoms with Crippen molar-refractivity contribution in [1.29, 1.82) is 0 Å². The number of nitrogens with zero attached hydrogens (tertiary/aromatic N) is 1. The van der Waals surface area contributed by atoms with Crippen LogP contribution in [0.5, 0.6) is 0 Å². The summed E-state index contributed by atoms with van der Waals surface area (Å²) >= 11 is 0. The smallest absolute Gasteiger partial charge is 0.207 e. The van der Waals surface area contributed by atoms with E-state index in [1.165, 1.54) is 4.31 Å². The Balaban J connectivity index is 2.30. The Bertz CT molecular complexity index is 707. The Hall–Kier alpha value is -1.91. The van der Waals surface area contributed by atoms with Crippen LogP contribution < -0.4 is 0 Å². The highest BCUT2D eigenvalue weighted by molar-refractivity contribution is 7.89. The number of aryl methyl sites for hydroxylation is 1. The van der Waals surface area contributed by atoms with Crippen LogP contribution >= 0.6 is 0 Å². The molecule has 116 valence electrons. The first kappa shape index (κ1) is 16.5. The Labute approximate surface area is 133 Å². The molecule has 4 heteroatoms. The van der Waals surface area contributed by atoms with Gasteiger partial charge in [0.2, 0.25) is 10.0 Å². The van der Waals surface area contributed by atoms with Gasteiger partial charge in [-0.3, -0.25) is 0 Å². The van der Waals surface area contributed by atoms with Crippen molar-refractivity contribution < 1.29 is 8.42 Å². The van der Waals surface area contributed by atoms with Gasteiger partial charge < -0.3 is 0 Å². The molecule has 0 aliphatic heterocycles. The van der Waals surface area contributed by atoms with Gasteiger partial charge in [-0.2, -0.15) is 4.31 Å². The lowest BCUT2D eigenvalue weighted by molar-refractivity contribution is 0.412. The second kappa shape index (κ2) is 7.38. The molecule has 3 nitrogen and oxygen atoms in total. The SMILES string of the molecule is C=CCCN(Cc1ccccc1)S(=O)(=O)c1ccc(C)cc1. The van der Waals surface area contributed by atoms with Gasteiger partial charge in [0.1, 0.15) is 0 Å². The van der Waals surface area contributed by atoms with Crippen LogP contribution in [-0.4, -0.2) is 19.3 Å². The van der Waals surface area contributed by atoms with Crippen LogP contribution in [0, 0.1) is 6.92 Å². The number of hydrogen-bond acceptors (Lipinski definition) is 2. The van der Waals surface area contributed by atoms with Crippen molar-refractivity contribution in [3.8, 4) is 0 Å². The predicted molar refractivity (Wildman–Crippen MR) is 90.0 cm³/mol. The maximum absolute atomic E-state index is 12.8. The second-order valence-electron chi connectivity index (χ2n) is 5.21. The summed E-state index contributed by atoms with van der Waals surface area (Å²) in [6.45, 7) is 6.42. The summed E-state index contributed by atoms with van der Waals surface area (Å²) in [6, 6.07) is 16.6. The number of rotatable bonds is 7. The summed E-state index contributed by atoms with van der Waals surface area (Å²) in [4.78, 5) is 0.332. The summed E-state index contributed by atoms with van der Waals surface area (Å²) < 4.78 is 27.2. The van der Waals surface area contributed by atoms with E-state index in [0.29, 0.717) is 24.4 Å². The van der Waals surface area contributed by atoms with E-state index in [4.69, 9.17) is 0 Å². The van der Waals surface area contributed by atoms with Crippen molar-refractivity contribution in [3.05, 3.63) is 78.4 Å². The van der Waals surface area contributed by atoms with Crippen LogP contribution in [0.4, 0.5) is 0 Å². The molecule has 0 heterocycles. The zero-order chi connectivity index (χ0) is 16.0. The zero-order valence-corrected chi connectivity index (χ0v) is 13.6. The molecule has 2 aromatic rings. The van der Waals surface area contributed by atoms with Gasteiger partial charge in [0.15, 0.2) is 0 Å². The fourth-order valence-electron chi connectivity index (χ4n) is 2.17. The van der Waals surface area contributed by atoms with Crippen molar-refractivity contribution in [2.45, 2.75) is 24.8 Å². The summed E-state index contributed by atoms with van der Waals surface area (Å²) in [6.07, 6.45) is 2.36. The third kappa shape index (κ3) is 4.06. The van der Waals surface area contributed by atoms with Crippen LogP contribution in [0.2, 0.25) is 0 Å². The average Bonchev–Trinajstić information content (AvgIpc) is 2.52. The van der Waals surface area contributed by atoms with Gasteiger partial charge in [-0.05, 0) is 31.0 Å². The van der Waals surface area contributed by atoms with Gasteiger partial charge in [-0.1, -0.05) is 54.1 Å². The van der Waals surface area contributed by atoms with E-state index in [2.05, 4.69) is 6.58 Å². The van der Waals surface area contributed by atoms with E-state index < -0.39 is 10.0 Å². The van der Waals surface area contributed by atoms with E-state index >= 15 is 0 Å². The summed E-state index contributed by atoms with van der Waals surface area (Å²) in [5, 5.41) is 0. The lowest BCUT2D eigenvalue weighted by Crippen LogP contribution is -2.31. The van der Waals surface area contributed by atoms with E-state index in [0.717, 1.165) is 11.1 Å². The lowest BCUT2D eigenvalue weighted by atomic mass is 10.2. The minimum Gasteiger partial charge on any atom is -0.207 e. The van der Waals surface area contributed by atoms with E-state index in [9.17, 15) is 8.42 Å². The quantitative estimate of drug-likeness (QED) is 0.730. The first-order valence-electron chi connectivity index (χ1n) is 7.25. The Morgan fingerprint density at radius 2 is 1.68 bits per heavy atom. The molecule has 0 bridgehead atoms. The first-order valence-corrected chi connectivity index (χ1v) is 8.69. The van der Waals surface area contributed by atoms with Gasteiger partial charge in [0.25, 0.3) is 0 Å². The standard InChI is InChI=1S/C18H21NO2S/c1-3-4-14-19(15-17-8-6-5-7-9-17)22(20,21)18-12-10-16(2)11-13-18/h3,5-13H,1,4,14-15H2,2H3. The van der Waals surface area contributed by atoms with Crippen LogP contribution in [0.25, 0.3) is 0 Å². The lowest BCUT2D eigenvalue weighted by Gasteiger charge is -2.22. The monoisotopic (exact) mass is 315 g/mol. The van der Waals surface area contributed by atoms with Crippen molar-refractivity contribution in [3.63, 3.8) is 0 Å². The molecule has 0 saturated carbocycles. The normalized spacial score (nSPS) is 11.5. The highest BCUT2D eigenvalue weighted by Crippen LogP contribution is 2.19. The number of benzene rings is 2. The van der Waals surface area contributed by atoms with Crippen LogP contribution in [-0.2, 0) is 16.6 Å². The van der Waals surface area contributed by atoms with E-state index in [1.807, 2.05) is 49.4 Å². The van der Waals surface area contributed by atoms with Crippen molar-refractivity contribution in [1.82, 2.24) is 4.31 Å². The molecule has 0 atom stereocenters. The molecule has 0 aromatic heterocycles. The minimum absolute atomic E-state index is 0.332. The minimum atomic E-state index is -3.50. The van der Waals surface area contributed by atoms with E-state index in [1.54, 1.807) is 18.2 Å². The third-order valence-electron chi connectivity index (χ3n) is 3.44. The van der Waals surface area contributed by atoms with Crippen molar-refractivity contribution in [2.75, 3.05) is 6.54 Å². The second-order valence-corrected chi connectivity index (χ2v) is 7.15. The molecule has 0 saturated heterocycles. The largest absolute Gasteiger partial charge is 0.243 e. The third-order valence-corrected chi connectivity index (χ3v) is 5.30. The number of hydrogen-bond donors (Lipinski definition) is 0. The Morgan fingerprint density at radius 1 is 1.05 bits per heavy atom. The molecular formula is C18H21NO2S. The molecule has 0 aliphatic carbocycles. The maximum Gasteiger partial charge on any atom is 0.243 e. The summed E-state index contributed by atoms with van der Waals surface area (Å²) in [7, 11) is -3.50. The fourth-order valence-corrected chi connectivity index (χ4v) is 3.61. The van der Waals surface area contributed by atoms with Crippen LogP contribution in [0.3, 0.4) is 0 Å². The highest BCUT2D eigenvalue weighted by atomic mass is 32.2. The first-order chi connectivity index (χ1) is 10.5. The molecular weight excluding hydrogens is 294 g/mol. The molecule has 0 unspecified atom stereocenters. The molecule has 0 radical (unpaired) electrons. The summed E-state index contributed by atoms with van der Waals surface area (Å²) in [5.74, 6) is 0. The zero-order valence-electron chi connectivity index (χ0n) is 12.8. The Morgan fingerprint density at radius 3 is 2.27 bits per heavy atom. The predicted octanol–water partition coefficient (Wildman–Crippen LogP) is 3.76. The van der Waals surface area contributed by atoms with E-state index in [-0.39, 0.29) is 0 Å². The molecule has 2 rings (SSSR count). The van der Waals surface area contributed by atoms with Gasteiger partial charge in [-0.25, -0.2) is 8.42 Å². The fraction of sp³-hybridized carbons (Fsp3) is 0.222. The molecule has 0 amide bonds. The number of sulfonamides is 1. The molecule has 0 aliphatic rings. The van der Waals surface area contributed by atoms with Gasteiger partial charge in [-0.15, -0.1) is 6.58 Å². The molecule has 2 aromatic carbocycles. The summed E-state index contributed by atoms with van der Waals surface area (Å²) in [5.41, 5.74) is 2.02.